The number of piperidine rings is 1. The lowest BCUT2D eigenvalue weighted by atomic mass is 10.1. The molecule has 1 unspecified atom stereocenters. The van der Waals surface area contributed by atoms with E-state index in [9.17, 15) is 14.4 Å². The number of amides is 4. The lowest BCUT2D eigenvalue weighted by molar-refractivity contribution is -0.127. The van der Waals surface area contributed by atoms with Gasteiger partial charge >= 0.3 is 6.03 Å². The van der Waals surface area contributed by atoms with Gasteiger partial charge in [0, 0.05) is 38.6 Å². The van der Waals surface area contributed by atoms with Gasteiger partial charge in [0.15, 0.2) is 11.3 Å². The van der Waals surface area contributed by atoms with Gasteiger partial charge in [-0.05, 0) is 49.6 Å². The van der Waals surface area contributed by atoms with Crippen LogP contribution in [0.15, 0.2) is 37.2 Å². The zero-order valence-corrected chi connectivity index (χ0v) is 20.5. The third kappa shape index (κ3) is 4.83. The second kappa shape index (κ2) is 10.0. The van der Waals surface area contributed by atoms with Crippen molar-refractivity contribution in [2.75, 3.05) is 43.6 Å². The third-order valence-electron chi connectivity index (χ3n) is 6.09. The number of anilines is 3. The van der Waals surface area contributed by atoms with Gasteiger partial charge in [-0.3, -0.25) is 9.59 Å². The van der Waals surface area contributed by atoms with E-state index < -0.39 is 5.91 Å². The summed E-state index contributed by atoms with van der Waals surface area (Å²) in [6.07, 6.45) is 4.17. The first kappa shape index (κ1) is 24.6. The molecule has 12 heteroatoms. The number of carbonyl (C=O) groups is 3. The highest BCUT2D eigenvalue weighted by molar-refractivity contribution is 6.13. The molecule has 0 spiro atoms. The van der Waals surface area contributed by atoms with Gasteiger partial charge in [0.25, 0.3) is 5.91 Å². The summed E-state index contributed by atoms with van der Waals surface area (Å²) >= 11 is 0. The van der Waals surface area contributed by atoms with Gasteiger partial charge in [-0.15, -0.1) is 0 Å². The molecule has 188 valence electrons. The van der Waals surface area contributed by atoms with Gasteiger partial charge in [-0.2, -0.15) is 5.10 Å². The van der Waals surface area contributed by atoms with Crippen LogP contribution in [0.25, 0.3) is 11.0 Å². The van der Waals surface area contributed by atoms with Gasteiger partial charge in [-0.25, -0.2) is 19.4 Å². The maximum Gasteiger partial charge on any atom is 0.321 e. The molecule has 1 aromatic carbocycles. The van der Waals surface area contributed by atoms with E-state index in [4.69, 9.17) is 5.73 Å². The van der Waals surface area contributed by atoms with Crippen LogP contribution in [-0.2, 0) is 4.79 Å². The average molecular weight is 492 g/mol. The van der Waals surface area contributed by atoms with Crippen LogP contribution in [0.5, 0.6) is 0 Å². The Labute approximate surface area is 208 Å². The minimum absolute atomic E-state index is 0.0969. The molecule has 3 aromatic rings. The fourth-order valence-corrected chi connectivity index (χ4v) is 4.19. The Bertz CT molecular complexity index is 1350. The Morgan fingerprint density at radius 3 is 2.69 bits per heavy atom. The van der Waals surface area contributed by atoms with Gasteiger partial charge < -0.3 is 26.2 Å². The van der Waals surface area contributed by atoms with Crippen LogP contribution in [0.2, 0.25) is 0 Å². The Kier molecular flexibility index (Phi) is 6.86. The molecular formula is C24H29N9O3. The summed E-state index contributed by atoms with van der Waals surface area (Å²) in [5.74, 6) is -0.475. The zero-order valence-electron chi connectivity index (χ0n) is 20.5. The van der Waals surface area contributed by atoms with Gasteiger partial charge in [0.2, 0.25) is 5.91 Å². The summed E-state index contributed by atoms with van der Waals surface area (Å²) in [6.45, 7) is 6.45. The summed E-state index contributed by atoms with van der Waals surface area (Å²) < 4.78 is 1.66. The number of nitrogens with two attached hydrogens (primary N) is 1. The van der Waals surface area contributed by atoms with Crippen molar-refractivity contribution in [2.45, 2.75) is 25.8 Å². The maximum atomic E-state index is 13.3. The number of urea groups is 1. The first-order valence-electron chi connectivity index (χ1n) is 11.5. The van der Waals surface area contributed by atoms with Crippen LogP contribution in [0, 0.1) is 6.92 Å². The number of nitrogen functional groups attached to an aromatic ring is 1. The molecule has 1 saturated heterocycles. The van der Waals surface area contributed by atoms with Crippen molar-refractivity contribution in [1.29, 1.82) is 0 Å². The lowest BCUT2D eigenvalue weighted by Crippen LogP contribution is -2.40. The minimum Gasteiger partial charge on any atom is -0.383 e. The van der Waals surface area contributed by atoms with E-state index in [-0.39, 0.29) is 29.5 Å². The largest absolute Gasteiger partial charge is 0.383 e. The Hall–Kier alpha value is -4.48. The topological polar surface area (TPSA) is 151 Å². The van der Waals surface area contributed by atoms with Crippen molar-refractivity contribution in [2.24, 2.45) is 0 Å². The summed E-state index contributed by atoms with van der Waals surface area (Å²) in [7, 11) is 3.30. The molecule has 0 radical (unpaired) electrons. The van der Waals surface area contributed by atoms with Crippen LogP contribution >= 0.6 is 0 Å². The second-order valence-corrected chi connectivity index (χ2v) is 8.84. The highest BCUT2D eigenvalue weighted by atomic mass is 16.2. The first-order chi connectivity index (χ1) is 17.2. The number of aromatic nitrogens is 4. The number of nitrogens with one attached hydrogen (secondary N) is 2. The van der Waals surface area contributed by atoms with E-state index in [0.29, 0.717) is 35.5 Å². The SMILES string of the molecule is C=CC(=O)N1CCCC(n2nc(C(=O)Nc3ccc(NC(=O)N(C)C)cc3C)c3c(N)ncnc32)C1. The summed E-state index contributed by atoms with van der Waals surface area (Å²) in [6, 6.07) is 4.73. The number of carbonyl (C=O) groups excluding carboxylic acids is 3. The third-order valence-corrected chi connectivity index (χ3v) is 6.09. The van der Waals surface area contributed by atoms with E-state index in [0.717, 1.165) is 18.4 Å². The van der Waals surface area contributed by atoms with Gasteiger partial charge in [-0.1, -0.05) is 6.58 Å². The highest BCUT2D eigenvalue weighted by Crippen LogP contribution is 2.29. The molecule has 12 nitrogen and oxygen atoms in total. The predicted molar refractivity (Wildman–Crippen MR) is 137 cm³/mol. The smallest absolute Gasteiger partial charge is 0.321 e. The summed E-state index contributed by atoms with van der Waals surface area (Å²) in [5.41, 5.74) is 8.58. The molecule has 4 N–H and O–H groups in total. The van der Waals surface area contributed by atoms with E-state index in [1.807, 2.05) is 6.92 Å². The number of benzene rings is 1. The van der Waals surface area contributed by atoms with Crippen LogP contribution < -0.4 is 16.4 Å². The van der Waals surface area contributed by atoms with E-state index in [1.165, 1.54) is 17.3 Å². The van der Waals surface area contributed by atoms with Crippen LogP contribution in [0.3, 0.4) is 0 Å². The molecule has 36 heavy (non-hydrogen) atoms. The number of hydrogen-bond acceptors (Lipinski definition) is 7. The van der Waals surface area contributed by atoms with Crippen molar-refractivity contribution in [3.05, 3.63) is 48.4 Å². The molecular weight excluding hydrogens is 462 g/mol. The standard InChI is InChI=1S/C24H29N9O3/c1-5-18(34)32-10-6-7-16(12-32)33-22-19(21(25)26-13-27-22)20(30-33)23(35)29-17-9-8-15(11-14(17)2)28-24(36)31(3)4/h5,8-9,11,13,16H,1,6-7,10,12H2,2-4H3,(H,28,36)(H,29,35)(H2,25,26,27). The van der Waals surface area contributed by atoms with E-state index >= 15 is 0 Å². The minimum atomic E-state index is -0.469. The molecule has 1 fully saturated rings. The normalized spacial score (nSPS) is 15.4. The number of hydrogen-bond donors (Lipinski definition) is 3. The second-order valence-electron chi connectivity index (χ2n) is 8.84. The molecule has 1 aliphatic rings. The average Bonchev–Trinajstić information content (AvgIpc) is 3.26. The summed E-state index contributed by atoms with van der Waals surface area (Å²) in [5, 5.41) is 10.6. The van der Waals surface area contributed by atoms with Crippen LogP contribution in [-0.4, -0.2) is 74.6 Å². The maximum absolute atomic E-state index is 13.3. The highest BCUT2D eigenvalue weighted by Gasteiger charge is 2.29. The number of likely N-dealkylation sites (tertiary alicyclic amines) is 1. The Morgan fingerprint density at radius 2 is 2.00 bits per heavy atom. The van der Waals surface area contributed by atoms with E-state index in [2.05, 4.69) is 32.3 Å². The molecule has 1 aliphatic heterocycles. The molecule has 0 bridgehead atoms. The van der Waals surface area contributed by atoms with Crippen LogP contribution in [0.1, 0.15) is 34.9 Å². The number of aryl methyl sites for hydroxylation is 1. The van der Waals surface area contributed by atoms with E-state index in [1.54, 1.807) is 41.9 Å². The molecule has 2 aromatic heterocycles. The number of nitrogens with zero attached hydrogens (tertiary/aromatic N) is 6. The van der Waals surface area contributed by atoms with Crippen molar-refractivity contribution in [3.8, 4) is 0 Å². The van der Waals surface area contributed by atoms with Crippen molar-refractivity contribution in [3.63, 3.8) is 0 Å². The number of rotatable bonds is 5. The monoisotopic (exact) mass is 491 g/mol. The van der Waals surface area contributed by atoms with Gasteiger partial charge in [0.1, 0.15) is 12.1 Å². The fraction of sp³-hybridized carbons (Fsp3) is 0.333. The molecule has 4 rings (SSSR count). The number of fused-ring (bicyclic) bond motifs is 1. The molecule has 3 heterocycles. The lowest BCUT2D eigenvalue weighted by Gasteiger charge is -2.32. The molecule has 4 amide bonds. The quantitative estimate of drug-likeness (QED) is 0.464. The molecule has 0 aliphatic carbocycles. The molecule has 0 saturated carbocycles. The first-order valence-corrected chi connectivity index (χ1v) is 11.5. The summed E-state index contributed by atoms with van der Waals surface area (Å²) in [4.78, 5) is 49.0. The Morgan fingerprint density at radius 1 is 1.22 bits per heavy atom. The fourth-order valence-electron chi connectivity index (χ4n) is 4.19. The van der Waals surface area contributed by atoms with Crippen molar-refractivity contribution in [1.82, 2.24) is 29.5 Å². The predicted octanol–water partition coefficient (Wildman–Crippen LogP) is 2.41. The molecule has 1 atom stereocenters. The van der Waals surface area contributed by atoms with Gasteiger partial charge in [0.05, 0.1) is 11.4 Å². The zero-order chi connectivity index (χ0) is 26.0. The Balaban J connectivity index is 1.63. The van der Waals surface area contributed by atoms with Crippen LogP contribution in [0.4, 0.5) is 22.0 Å². The van der Waals surface area contributed by atoms with Crippen molar-refractivity contribution < 1.29 is 14.4 Å². The van der Waals surface area contributed by atoms with Crippen molar-refractivity contribution >= 4 is 46.1 Å².